The third-order valence-corrected chi connectivity index (χ3v) is 16.8. The summed E-state index contributed by atoms with van der Waals surface area (Å²) in [6.45, 7) is 14.0. The molecule has 252 valence electrons. The largest absolute Gasteiger partial charge is 0.465 e. The summed E-state index contributed by atoms with van der Waals surface area (Å²) >= 11 is 1.53. The van der Waals surface area contributed by atoms with Gasteiger partial charge in [0.25, 0.3) is 5.91 Å². The molecule has 0 spiro atoms. The van der Waals surface area contributed by atoms with Gasteiger partial charge in [-0.1, -0.05) is 65.8 Å². The van der Waals surface area contributed by atoms with Crippen LogP contribution in [0.15, 0.2) is 60.8 Å². The Hall–Kier alpha value is -3.41. The van der Waals surface area contributed by atoms with Crippen molar-refractivity contribution in [3.05, 3.63) is 93.5 Å². The first-order valence-corrected chi connectivity index (χ1v) is 19.0. The van der Waals surface area contributed by atoms with Crippen molar-refractivity contribution in [2.75, 3.05) is 7.11 Å². The number of nitrogens with zero attached hydrogens (tertiary/aromatic N) is 1. The summed E-state index contributed by atoms with van der Waals surface area (Å²) in [6.07, 6.45) is -1.02. The maximum atomic E-state index is 14.4. The minimum Gasteiger partial charge on any atom is -0.465 e. The van der Waals surface area contributed by atoms with Gasteiger partial charge < -0.3 is 19.0 Å². The lowest BCUT2D eigenvalue weighted by Crippen LogP contribution is -2.47. The number of carbonyl (C=O) groups is 2. The number of halogens is 3. The van der Waals surface area contributed by atoms with Crippen LogP contribution in [0.5, 0.6) is 0 Å². The molecule has 0 aliphatic heterocycles. The number of hydrogen-bond donors (Lipinski definition) is 1. The van der Waals surface area contributed by atoms with Crippen LogP contribution >= 0.6 is 11.3 Å². The highest BCUT2D eigenvalue weighted by atomic mass is 32.1. The van der Waals surface area contributed by atoms with Crippen molar-refractivity contribution < 1.29 is 31.9 Å². The van der Waals surface area contributed by atoms with Gasteiger partial charge in [-0.25, -0.2) is 4.79 Å². The fourth-order valence-corrected chi connectivity index (χ4v) is 13.8. The molecule has 0 bridgehead atoms. The normalized spacial score (nSPS) is 14.7. The molecule has 1 fully saturated rings. The molecular weight excluding hydrogens is 642 g/mol. The first kappa shape index (κ1) is 34.9. The summed E-state index contributed by atoms with van der Waals surface area (Å²) in [5.41, 5.74) is 3.17. The number of nitrogens with one attached hydrogen (secondary N) is 1. The van der Waals surface area contributed by atoms with Crippen LogP contribution in [0, 0.1) is 0 Å². The van der Waals surface area contributed by atoms with Gasteiger partial charge in [0.15, 0.2) is 0 Å². The van der Waals surface area contributed by atoms with E-state index >= 15 is 0 Å². The zero-order chi connectivity index (χ0) is 34.3. The van der Waals surface area contributed by atoms with Crippen molar-refractivity contribution in [1.29, 1.82) is 0 Å². The van der Waals surface area contributed by atoms with E-state index in [2.05, 4.69) is 46.9 Å². The number of thiophene rings is 1. The molecule has 5 rings (SSSR count). The predicted octanol–water partition coefficient (Wildman–Crippen LogP) is 9.67. The second kappa shape index (κ2) is 13.2. The maximum Gasteiger partial charge on any atom is 0.416 e. The highest BCUT2D eigenvalue weighted by Crippen LogP contribution is 2.47. The van der Waals surface area contributed by atoms with E-state index in [0.717, 1.165) is 45.6 Å². The Labute approximate surface area is 279 Å². The van der Waals surface area contributed by atoms with Crippen molar-refractivity contribution in [1.82, 2.24) is 9.88 Å². The van der Waals surface area contributed by atoms with Crippen molar-refractivity contribution in [2.24, 2.45) is 0 Å². The number of ether oxygens (including phenoxy) is 1. The highest BCUT2D eigenvalue weighted by molar-refractivity contribution is 7.19. The molecule has 0 atom stereocenters. The minimum atomic E-state index is -4.41. The average molecular weight is 685 g/mol. The topological polar surface area (TPSA) is 69.6 Å². The summed E-state index contributed by atoms with van der Waals surface area (Å²) in [5.74, 6) is -0.643. The van der Waals surface area contributed by atoms with E-state index in [1.165, 1.54) is 30.6 Å². The number of aromatic nitrogens is 1. The molecule has 0 saturated heterocycles. The molecule has 1 aliphatic rings. The Bertz CT molecular complexity index is 1710. The summed E-state index contributed by atoms with van der Waals surface area (Å²) in [5, 5.41) is 3.32. The van der Waals surface area contributed by atoms with Crippen LogP contribution in [0.4, 0.5) is 13.2 Å². The Morgan fingerprint density at radius 2 is 1.53 bits per heavy atom. The fraction of sp³-hybridized carbons (Fsp3) is 0.444. The van der Waals surface area contributed by atoms with Gasteiger partial charge in [-0.2, -0.15) is 13.2 Å². The number of amides is 1. The molecule has 2 heterocycles. The van der Waals surface area contributed by atoms with Crippen LogP contribution in [-0.4, -0.2) is 31.9 Å². The number of esters is 1. The van der Waals surface area contributed by atoms with Crippen molar-refractivity contribution in [3.8, 4) is 0 Å². The lowest BCUT2D eigenvalue weighted by atomic mass is 10.0. The highest BCUT2D eigenvalue weighted by Gasteiger charge is 2.47. The molecule has 1 N–H and O–H groups in total. The number of carbonyl (C=O) groups excluding carboxylic acids is 2. The van der Waals surface area contributed by atoms with Crippen LogP contribution in [0.3, 0.4) is 0 Å². The molecule has 1 saturated carbocycles. The third-order valence-electron chi connectivity index (χ3n) is 9.66. The average Bonchev–Trinajstić information content (AvgIpc) is 3.56. The Balaban J connectivity index is 1.52. The van der Waals surface area contributed by atoms with Gasteiger partial charge in [-0.15, -0.1) is 11.3 Å². The maximum absolute atomic E-state index is 14.4. The molecule has 1 amide bonds. The number of hydrogen-bond acceptors (Lipinski definition) is 5. The Kier molecular flexibility index (Phi) is 9.83. The summed E-state index contributed by atoms with van der Waals surface area (Å²) in [7, 11) is -0.920. The van der Waals surface area contributed by atoms with E-state index in [9.17, 15) is 22.8 Å². The number of fused-ring (bicyclic) bond motifs is 1. The lowest BCUT2D eigenvalue weighted by molar-refractivity contribution is -0.137. The molecule has 0 radical (unpaired) electrons. The summed E-state index contributed by atoms with van der Waals surface area (Å²) in [6, 6.07) is 14.2. The smallest absolute Gasteiger partial charge is 0.416 e. The van der Waals surface area contributed by atoms with Crippen LogP contribution < -0.4 is 5.32 Å². The van der Waals surface area contributed by atoms with Crippen LogP contribution in [-0.2, 0) is 34.0 Å². The third kappa shape index (κ3) is 6.80. The van der Waals surface area contributed by atoms with Gasteiger partial charge in [0.2, 0.25) is 8.32 Å². The molecule has 2 aromatic heterocycles. The van der Waals surface area contributed by atoms with Gasteiger partial charge in [0.05, 0.1) is 46.2 Å². The first-order chi connectivity index (χ1) is 22.1. The standard InChI is InChI=1S/C36H43F3N2O4SSi/c1-22(2)47(23(3)4,24(5)6)45-21-30-31(33(42)40-35(17-18-35)27-14-10-26(11-15-27)34(43)44-7)32-29(46-30)16-19-41(32)20-25-8-12-28(13-9-25)36(37,38)39/h8-16,19,22-24H,17-18,20-21H2,1-7H3,(H,40,42). The van der Waals surface area contributed by atoms with Gasteiger partial charge in [0, 0.05) is 17.6 Å². The van der Waals surface area contributed by atoms with Crippen molar-refractivity contribution >= 4 is 41.7 Å². The Morgan fingerprint density at radius 1 is 0.936 bits per heavy atom. The Morgan fingerprint density at radius 3 is 2.04 bits per heavy atom. The van der Waals surface area contributed by atoms with E-state index in [0.29, 0.717) is 46.5 Å². The van der Waals surface area contributed by atoms with E-state index in [1.54, 1.807) is 12.1 Å². The second-order valence-electron chi connectivity index (χ2n) is 13.5. The second-order valence-corrected chi connectivity index (χ2v) is 20.1. The first-order valence-electron chi connectivity index (χ1n) is 16.0. The van der Waals surface area contributed by atoms with Gasteiger partial charge in [-0.05, 0) is 70.9 Å². The predicted molar refractivity (Wildman–Crippen MR) is 182 cm³/mol. The van der Waals surface area contributed by atoms with E-state index in [4.69, 9.17) is 9.16 Å². The monoisotopic (exact) mass is 684 g/mol. The van der Waals surface area contributed by atoms with Gasteiger partial charge in [0.1, 0.15) is 0 Å². The fourth-order valence-electron chi connectivity index (χ4n) is 7.21. The SMILES string of the molecule is COC(=O)c1ccc(C2(NC(=O)c3c(CO[Si](C(C)C)(C(C)C)C(C)C)sc4ccn(Cc5ccc(C(F)(F)F)cc5)c34)CC2)cc1. The number of alkyl halides is 3. The zero-order valence-electron chi connectivity index (χ0n) is 28.0. The minimum absolute atomic E-state index is 0.220. The number of rotatable bonds is 12. The van der Waals surface area contributed by atoms with Crippen molar-refractivity contribution in [2.45, 2.75) is 95.9 Å². The van der Waals surface area contributed by atoms with Gasteiger partial charge in [-0.3, -0.25) is 4.79 Å². The molecule has 2 aromatic carbocycles. The molecule has 0 unspecified atom stereocenters. The molecule has 11 heteroatoms. The van der Waals surface area contributed by atoms with E-state index in [1.807, 2.05) is 29.0 Å². The van der Waals surface area contributed by atoms with Crippen LogP contribution in [0.25, 0.3) is 10.2 Å². The van der Waals surface area contributed by atoms with Crippen molar-refractivity contribution in [3.63, 3.8) is 0 Å². The van der Waals surface area contributed by atoms with Crippen LogP contribution in [0.1, 0.15) is 96.7 Å². The zero-order valence-corrected chi connectivity index (χ0v) is 29.8. The molecule has 1 aliphatic carbocycles. The number of benzene rings is 2. The summed E-state index contributed by atoms with van der Waals surface area (Å²) < 4.78 is 54.3. The quantitative estimate of drug-likeness (QED) is 0.119. The van der Waals surface area contributed by atoms with E-state index < -0.39 is 31.6 Å². The number of methoxy groups -OCH3 is 1. The molecule has 4 aromatic rings. The van der Waals surface area contributed by atoms with Crippen LogP contribution in [0.2, 0.25) is 16.6 Å². The molecule has 47 heavy (non-hydrogen) atoms. The van der Waals surface area contributed by atoms with Gasteiger partial charge >= 0.3 is 12.1 Å². The molecular formula is C36H43F3N2O4SSi. The lowest BCUT2D eigenvalue weighted by Gasteiger charge is -2.42. The van der Waals surface area contributed by atoms with E-state index in [-0.39, 0.29) is 5.91 Å². The summed E-state index contributed by atoms with van der Waals surface area (Å²) in [4.78, 5) is 27.2. The molecule has 6 nitrogen and oxygen atoms in total.